The molecule has 0 heteroatoms. The molecule has 0 bridgehead atoms. The molecular formula is C22H28. The molecule has 3 unspecified atom stereocenters. The monoisotopic (exact) mass is 292 g/mol. The van der Waals surface area contributed by atoms with Gasteiger partial charge in [0.15, 0.2) is 0 Å². The van der Waals surface area contributed by atoms with Crippen molar-refractivity contribution in [2.45, 2.75) is 53.9 Å². The molecule has 1 saturated carbocycles. The van der Waals surface area contributed by atoms with Crippen LogP contribution < -0.4 is 0 Å². The molecule has 0 saturated heterocycles. The largest absolute Gasteiger partial charge is 0.0986 e. The van der Waals surface area contributed by atoms with Gasteiger partial charge in [0.1, 0.15) is 0 Å². The van der Waals surface area contributed by atoms with E-state index in [4.69, 9.17) is 0 Å². The summed E-state index contributed by atoms with van der Waals surface area (Å²) in [6, 6.07) is 4.63. The molecule has 2 aliphatic carbocycles. The molecule has 1 aromatic rings. The van der Waals surface area contributed by atoms with Crippen LogP contribution in [0.4, 0.5) is 0 Å². The highest BCUT2D eigenvalue weighted by Gasteiger charge is 2.48. The van der Waals surface area contributed by atoms with E-state index < -0.39 is 0 Å². The highest BCUT2D eigenvalue weighted by molar-refractivity contribution is 5.60. The molecule has 1 fully saturated rings. The molecule has 0 radical (unpaired) electrons. The Morgan fingerprint density at radius 2 is 1.55 bits per heavy atom. The lowest BCUT2D eigenvalue weighted by Crippen LogP contribution is -2.07. The quantitative estimate of drug-likeness (QED) is 0.571. The van der Waals surface area contributed by atoms with Gasteiger partial charge in [-0.2, -0.15) is 0 Å². The highest BCUT2D eigenvalue weighted by Crippen LogP contribution is 2.60. The van der Waals surface area contributed by atoms with Crippen molar-refractivity contribution >= 4 is 0 Å². The Hall–Kier alpha value is -1.56. The third kappa shape index (κ3) is 2.39. The highest BCUT2D eigenvalue weighted by atomic mass is 14.5. The van der Waals surface area contributed by atoms with Gasteiger partial charge in [0.2, 0.25) is 0 Å². The van der Waals surface area contributed by atoms with Crippen molar-refractivity contribution in [3.05, 3.63) is 69.3 Å². The maximum absolute atomic E-state index is 4.41. The van der Waals surface area contributed by atoms with E-state index in [1.165, 1.54) is 39.8 Å². The number of rotatable bonds is 2. The Morgan fingerprint density at radius 3 is 2.09 bits per heavy atom. The summed E-state index contributed by atoms with van der Waals surface area (Å²) in [5.41, 5.74) is 11.8. The van der Waals surface area contributed by atoms with E-state index in [9.17, 15) is 0 Å². The van der Waals surface area contributed by atoms with E-state index in [1.807, 2.05) is 0 Å². The predicted octanol–water partition coefficient (Wildman–Crippen LogP) is 6.18. The van der Waals surface area contributed by atoms with Gasteiger partial charge in [0.05, 0.1) is 0 Å². The molecule has 22 heavy (non-hydrogen) atoms. The van der Waals surface area contributed by atoms with Gasteiger partial charge in [0, 0.05) is 11.8 Å². The van der Waals surface area contributed by atoms with Crippen LogP contribution in [0.1, 0.15) is 55.4 Å². The van der Waals surface area contributed by atoms with Crippen LogP contribution in [0.2, 0.25) is 0 Å². The number of hydrogen-bond acceptors (Lipinski definition) is 0. The van der Waals surface area contributed by atoms with Crippen LogP contribution >= 0.6 is 0 Å². The maximum atomic E-state index is 4.41. The third-order valence-electron chi connectivity index (χ3n) is 5.43. The minimum absolute atomic E-state index is 0.530. The van der Waals surface area contributed by atoms with Gasteiger partial charge in [-0.05, 0) is 69.2 Å². The fourth-order valence-corrected chi connectivity index (χ4v) is 4.72. The number of aryl methyl sites for hydroxylation is 3. The van der Waals surface area contributed by atoms with Crippen molar-refractivity contribution in [3.63, 3.8) is 0 Å². The zero-order valence-corrected chi connectivity index (χ0v) is 14.9. The summed E-state index contributed by atoms with van der Waals surface area (Å²) in [6.07, 6.45) is 3.65. The summed E-state index contributed by atoms with van der Waals surface area (Å²) in [7, 11) is 0. The fourth-order valence-electron chi connectivity index (χ4n) is 4.72. The predicted molar refractivity (Wildman–Crippen MR) is 96.3 cm³/mol. The minimum Gasteiger partial charge on any atom is -0.0986 e. The Kier molecular flexibility index (Phi) is 3.67. The molecule has 0 aliphatic heterocycles. The first-order chi connectivity index (χ1) is 10.3. The molecule has 116 valence electrons. The van der Waals surface area contributed by atoms with Gasteiger partial charge < -0.3 is 0 Å². The molecule has 3 rings (SSSR count). The van der Waals surface area contributed by atoms with Crippen molar-refractivity contribution < 1.29 is 0 Å². The smallest absolute Gasteiger partial charge is 0.0164 e. The average Bonchev–Trinajstić information content (AvgIpc) is 2.98. The topological polar surface area (TPSA) is 0 Å². The third-order valence-corrected chi connectivity index (χ3v) is 5.43. The summed E-state index contributed by atoms with van der Waals surface area (Å²) in [5, 5.41) is 0. The first kappa shape index (κ1) is 15.3. The molecule has 0 amide bonds. The van der Waals surface area contributed by atoms with Crippen LogP contribution in [0.5, 0.6) is 0 Å². The van der Waals surface area contributed by atoms with E-state index in [-0.39, 0.29) is 0 Å². The first-order valence-electron chi connectivity index (χ1n) is 8.46. The zero-order valence-electron chi connectivity index (χ0n) is 14.9. The first-order valence-corrected chi connectivity index (χ1v) is 8.46. The Labute approximate surface area is 135 Å². The Morgan fingerprint density at radius 1 is 0.955 bits per heavy atom. The second-order valence-electron chi connectivity index (χ2n) is 7.57. The molecule has 2 aliphatic rings. The van der Waals surface area contributed by atoms with Crippen LogP contribution in [0.3, 0.4) is 0 Å². The second kappa shape index (κ2) is 5.26. The summed E-state index contributed by atoms with van der Waals surface area (Å²) < 4.78 is 0. The van der Waals surface area contributed by atoms with E-state index in [0.29, 0.717) is 17.8 Å². The molecular weight excluding hydrogens is 264 g/mol. The normalized spacial score (nSPS) is 28.0. The standard InChI is InChI=1S/C22H28/c1-12-8-14(3)19(15(4)9-12)21-18(7)22(21)20-16(5)10-13(2)11-17(20)6/h8-10,13,21-22H,7,11H2,1-6H3. The minimum atomic E-state index is 0.530. The molecule has 0 heterocycles. The van der Waals surface area contributed by atoms with Crippen LogP contribution in [-0.2, 0) is 0 Å². The molecule has 0 nitrogen and oxygen atoms in total. The fraction of sp³-hybridized carbons (Fsp3) is 0.455. The summed E-state index contributed by atoms with van der Waals surface area (Å²) in [5.74, 6) is 1.75. The van der Waals surface area contributed by atoms with Crippen LogP contribution in [-0.4, -0.2) is 0 Å². The van der Waals surface area contributed by atoms with Crippen LogP contribution in [0, 0.1) is 32.6 Å². The lowest BCUT2D eigenvalue weighted by Gasteiger charge is -2.22. The van der Waals surface area contributed by atoms with Crippen LogP contribution in [0.15, 0.2) is 47.1 Å². The van der Waals surface area contributed by atoms with Crippen LogP contribution in [0.25, 0.3) is 0 Å². The summed E-state index contributed by atoms with van der Waals surface area (Å²) in [6.45, 7) is 18.0. The number of hydrogen-bond donors (Lipinski definition) is 0. The van der Waals surface area contributed by atoms with E-state index in [0.717, 1.165) is 0 Å². The van der Waals surface area contributed by atoms with Crippen molar-refractivity contribution in [2.75, 3.05) is 0 Å². The molecule has 1 aromatic carbocycles. The molecule has 0 spiro atoms. The SMILES string of the molecule is C=C1C(C2=C(C)CC(C)C=C2C)C1c1c(C)cc(C)cc1C. The van der Waals surface area contributed by atoms with Crippen molar-refractivity contribution in [3.8, 4) is 0 Å². The lowest BCUT2D eigenvalue weighted by atomic mass is 9.83. The van der Waals surface area contributed by atoms with Gasteiger partial charge in [-0.15, -0.1) is 0 Å². The number of allylic oxidation sites excluding steroid dienone is 5. The van der Waals surface area contributed by atoms with Gasteiger partial charge in [-0.1, -0.05) is 54.0 Å². The lowest BCUT2D eigenvalue weighted by molar-refractivity contribution is 0.678. The summed E-state index contributed by atoms with van der Waals surface area (Å²) in [4.78, 5) is 0. The second-order valence-corrected chi connectivity index (χ2v) is 7.57. The van der Waals surface area contributed by atoms with Gasteiger partial charge in [-0.3, -0.25) is 0 Å². The van der Waals surface area contributed by atoms with Crippen molar-refractivity contribution in [1.29, 1.82) is 0 Å². The molecule has 3 atom stereocenters. The Balaban J connectivity index is 2.00. The summed E-state index contributed by atoms with van der Waals surface area (Å²) >= 11 is 0. The molecule has 0 aromatic heterocycles. The van der Waals surface area contributed by atoms with E-state index in [1.54, 1.807) is 11.1 Å². The average molecular weight is 292 g/mol. The van der Waals surface area contributed by atoms with Crippen molar-refractivity contribution in [2.24, 2.45) is 11.8 Å². The van der Waals surface area contributed by atoms with Gasteiger partial charge in [0.25, 0.3) is 0 Å². The van der Waals surface area contributed by atoms with Crippen molar-refractivity contribution in [1.82, 2.24) is 0 Å². The maximum Gasteiger partial charge on any atom is 0.0164 e. The van der Waals surface area contributed by atoms with E-state index >= 15 is 0 Å². The number of benzene rings is 1. The zero-order chi connectivity index (χ0) is 16.2. The van der Waals surface area contributed by atoms with Gasteiger partial charge >= 0.3 is 0 Å². The van der Waals surface area contributed by atoms with E-state index in [2.05, 4.69) is 66.3 Å². The Bertz CT molecular complexity index is 689. The molecule has 0 N–H and O–H groups in total. The van der Waals surface area contributed by atoms with Gasteiger partial charge in [-0.25, -0.2) is 0 Å².